The Hall–Kier alpha value is -1.59. The number of hydrogen-bond acceptors (Lipinski definition) is 5. The van der Waals surface area contributed by atoms with Crippen molar-refractivity contribution in [2.75, 3.05) is 13.2 Å². The number of rotatable bonds is 6. The van der Waals surface area contributed by atoms with Crippen LogP contribution in [0.5, 0.6) is 5.75 Å². The van der Waals surface area contributed by atoms with E-state index in [1.807, 2.05) is 13.8 Å². The Labute approximate surface area is 123 Å². The molecule has 5 nitrogen and oxygen atoms in total. The molecule has 1 aromatic heterocycles. The Morgan fingerprint density at radius 2 is 2.35 bits per heavy atom. The lowest BCUT2D eigenvalue weighted by atomic mass is 10.1. The minimum Gasteiger partial charge on any atom is -0.490 e. The molecule has 6 heteroatoms. The molecule has 20 heavy (non-hydrogen) atoms. The zero-order valence-corrected chi connectivity index (χ0v) is 12.3. The summed E-state index contributed by atoms with van der Waals surface area (Å²) in [6, 6.07) is 1.97. The summed E-state index contributed by atoms with van der Waals surface area (Å²) < 4.78 is 10.8. The Morgan fingerprint density at radius 1 is 1.60 bits per heavy atom. The normalized spacial score (nSPS) is 15.9. The number of halogens is 1. The van der Waals surface area contributed by atoms with Crippen molar-refractivity contribution in [1.82, 2.24) is 10.3 Å². The van der Waals surface area contributed by atoms with E-state index < -0.39 is 0 Å². The van der Waals surface area contributed by atoms with Gasteiger partial charge in [0.05, 0.1) is 25.4 Å². The fourth-order valence-electron chi connectivity index (χ4n) is 1.72. The quantitative estimate of drug-likeness (QED) is 0.625. The highest BCUT2D eigenvalue weighted by atomic mass is 35.5. The average Bonchev–Trinajstić information content (AvgIpc) is 2.33. The number of hydrogen-bond donors (Lipinski definition) is 2. The summed E-state index contributed by atoms with van der Waals surface area (Å²) >= 11 is 5.91. The molecule has 1 aliphatic rings. The fraction of sp³-hybridized carbons (Fsp3) is 0.429. The van der Waals surface area contributed by atoms with Gasteiger partial charge in [-0.2, -0.15) is 0 Å². The minimum atomic E-state index is 0.0205. The molecule has 0 unspecified atom stereocenters. The summed E-state index contributed by atoms with van der Waals surface area (Å²) in [7, 11) is 0. The Morgan fingerprint density at radius 3 is 2.90 bits per heavy atom. The fourth-order valence-corrected chi connectivity index (χ4v) is 1.87. The van der Waals surface area contributed by atoms with Crippen LogP contribution in [-0.2, 0) is 4.74 Å². The lowest BCUT2D eigenvalue weighted by Gasteiger charge is -2.26. The summed E-state index contributed by atoms with van der Waals surface area (Å²) in [5.74, 6) is 0.626. The van der Waals surface area contributed by atoms with Gasteiger partial charge in [-0.05, 0) is 13.8 Å². The van der Waals surface area contributed by atoms with Crippen LogP contribution >= 0.6 is 11.6 Å². The molecule has 108 valence electrons. The van der Waals surface area contributed by atoms with E-state index in [9.17, 15) is 0 Å². The van der Waals surface area contributed by atoms with Crippen molar-refractivity contribution < 1.29 is 9.47 Å². The maximum absolute atomic E-state index is 7.57. The summed E-state index contributed by atoms with van der Waals surface area (Å²) in [6.07, 6.45) is 4.70. The van der Waals surface area contributed by atoms with Crippen LogP contribution in [0.1, 0.15) is 19.4 Å². The van der Waals surface area contributed by atoms with Crippen molar-refractivity contribution in [2.45, 2.75) is 26.0 Å². The summed E-state index contributed by atoms with van der Waals surface area (Å²) in [5.41, 5.74) is 1.43. The van der Waals surface area contributed by atoms with Crippen molar-refractivity contribution >= 4 is 23.4 Å². The molecular weight excluding hydrogens is 278 g/mol. The zero-order chi connectivity index (χ0) is 14.5. The SMILES string of the molecule is CC(C)Oc1cc(Cl)ncc1/C(C=N)=C/NC1COC1. The van der Waals surface area contributed by atoms with Crippen LogP contribution in [0.2, 0.25) is 5.15 Å². The monoisotopic (exact) mass is 295 g/mol. The predicted molar refractivity (Wildman–Crippen MR) is 79.5 cm³/mol. The summed E-state index contributed by atoms with van der Waals surface area (Å²) in [4.78, 5) is 4.07. The number of allylic oxidation sites excluding steroid dienone is 1. The molecule has 1 aliphatic heterocycles. The zero-order valence-electron chi connectivity index (χ0n) is 11.5. The first-order valence-electron chi connectivity index (χ1n) is 6.47. The predicted octanol–water partition coefficient (Wildman–Crippen LogP) is 2.50. The third-order valence-corrected chi connectivity index (χ3v) is 2.98. The standard InChI is InChI=1S/C14H18ClN3O2/c1-9(2)20-13-3-14(15)18-6-12(13)10(4-16)5-17-11-7-19-8-11/h3-6,9,11,16-17H,7-8H2,1-2H3/b10-5+,16-4?. The van der Waals surface area contributed by atoms with Crippen LogP contribution in [0.3, 0.4) is 0 Å². The summed E-state index contributed by atoms with van der Waals surface area (Å²) in [6.45, 7) is 5.26. The lowest BCUT2D eigenvalue weighted by molar-refractivity contribution is 0.000844. The van der Waals surface area contributed by atoms with E-state index in [4.69, 9.17) is 26.5 Å². The molecule has 2 rings (SSSR count). The van der Waals surface area contributed by atoms with E-state index in [1.165, 1.54) is 6.21 Å². The van der Waals surface area contributed by atoms with Gasteiger partial charge in [-0.3, -0.25) is 0 Å². The molecule has 1 aromatic rings. The Bertz CT molecular complexity index is 513. The molecular formula is C14H18ClN3O2. The topological polar surface area (TPSA) is 67.2 Å². The molecule has 0 bridgehead atoms. The second-order valence-electron chi connectivity index (χ2n) is 4.81. The maximum Gasteiger partial charge on any atom is 0.132 e. The highest BCUT2D eigenvalue weighted by Gasteiger charge is 2.17. The first kappa shape index (κ1) is 14.8. The molecule has 2 heterocycles. The van der Waals surface area contributed by atoms with Gasteiger partial charge in [0.1, 0.15) is 10.9 Å². The average molecular weight is 296 g/mol. The van der Waals surface area contributed by atoms with Crippen molar-refractivity contribution in [2.24, 2.45) is 0 Å². The van der Waals surface area contributed by atoms with Crippen molar-refractivity contribution in [1.29, 1.82) is 5.41 Å². The number of pyridine rings is 1. The number of aromatic nitrogens is 1. The highest BCUT2D eigenvalue weighted by molar-refractivity contribution is 6.29. The second kappa shape index (κ2) is 6.72. The summed E-state index contributed by atoms with van der Waals surface area (Å²) in [5, 5.41) is 11.1. The Balaban J connectivity index is 2.24. The van der Waals surface area contributed by atoms with Crippen molar-refractivity contribution in [3.8, 4) is 5.75 Å². The molecule has 0 amide bonds. The van der Waals surface area contributed by atoms with E-state index in [-0.39, 0.29) is 6.10 Å². The van der Waals surface area contributed by atoms with Gasteiger partial charge in [0.25, 0.3) is 0 Å². The van der Waals surface area contributed by atoms with Gasteiger partial charge in [-0.1, -0.05) is 11.6 Å². The Kier molecular flexibility index (Phi) is 4.98. The van der Waals surface area contributed by atoms with Crippen LogP contribution < -0.4 is 10.1 Å². The van der Waals surface area contributed by atoms with Crippen molar-refractivity contribution in [3.63, 3.8) is 0 Å². The second-order valence-corrected chi connectivity index (χ2v) is 5.20. The molecule has 1 fully saturated rings. The molecule has 2 N–H and O–H groups in total. The van der Waals surface area contributed by atoms with E-state index in [0.717, 1.165) is 5.56 Å². The molecule has 0 aliphatic carbocycles. The van der Waals surface area contributed by atoms with Crippen molar-refractivity contribution in [3.05, 3.63) is 29.2 Å². The largest absolute Gasteiger partial charge is 0.490 e. The smallest absolute Gasteiger partial charge is 0.132 e. The minimum absolute atomic E-state index is 0.0205. The third kappa shape index (κ3) is 3.71. The molecule has 0 aromatic carbocycles. The van der Waals surface area contributed by atoms with Crippen LogP contribution in [0, 0.1) is 5.41 Å². The first-order valence-corrected chi connectivity index (χ1v) is 6.85. The van der Waals surface area contributed by atoms with Gasteiger partial charge in [-0.15, -0.1) is 0 Å². The van der Waals surface area contributed by atoms with Crippen LogP contribution in [-0.4, -0.2) is 36.6 Å². The highest BCUT2D eigenvalue weighted by Crippen LogP contribution is 2.27. The van der Waals surface area contributed by atoms with Crippen LogP contribution in [0.25, 0.3) is 5.57 Å². The number of nitrogens with one attached hydrogen (secondary N) is 2. The van der Waals surface area contributed by atoms with E-state index in [1.54, 1.807) is 18.5 Å². The van der Waals surface area contributed by atoms with Gasteiger partial charge in [0.2, 0.25) is 0 Å². The van der Waals surface area contributed by atoms with Crippen LogP contribution in [0.15, 0.2) is 18.5 Å². The van der Waals surface area contributed by atoms with Gasteiger partial charge in [0.15, 0.2) is 0 Å². The molecule has 0 atom stereocenters. The van der Waals surface area contributed by atoms with E-state index in [2.05, 4.69) is 10.3 Å². The van der Waals surface area contributed by atoms with Gasteiger partial charge >= 0.3 is 0 Å². The molecule has 0 spiro atoms. The molecule has 1 saturated heterocycles. The number of nitrogens with zero attached hydrogens (tertiary/aromatic N) is 1. The van der Waals surface area contributed by atoms with E-state index in [0.29, 0.717) is 35.7 Å². The third-order valence-electron chi connectivity index (χ3n) is 2.77. The van der Waals surface area contributed by atoms with E-state index >= 15 is 0 Å². The lowest BCUT2D eigenvalue weighted by Crippen LogP contribution is -2.43. The number of ether oxygens (including phenoxy) is 2. The molecule has 0 radical (unpaired) electrons. The molecule has 0 saturated carbocycles. The van der Waals surface area contributed by atoms with Gasteiger partial charge < -0.3 is 20.2 Å². The van der Waals surface area contributed by atoms with Gasteiger partial charge in [-0.25, -0.2) is 4.98 Å². The maximum atomic E-state index is 7.57. The first-order chi connectivity index (χ1) is 9.60. The van der Waals surface area contributed by atoms with Crippen LogP contribution in [0.4, 0.5) is 0 Å². The van der Waals surface area contributed by atoms with Gasteiger partial charge in [0, 0.05) is 35.8 Å².